The van der Waals surface area contributed by atoms with Crippen molar-refractivity contribution >= 4 is 0 Å². The second-order valence-corrected chi connectivity index (χ2v) is 4.77. The molecule has 0 fully saturated rings. The van der Waals surface area contributed by atoms with E-state index >= 15 is 0 Å². The van der Waals surface area contributed by atoms with Crippen LogP contribution in [0.3, 0.4) is 0 Å². The van der Waals surface area contributed by atoms with E-state index in [0.717, 1.165) is 18.1 Å². The van der Waals surface area contributed by atoms with E-state index in [1.165, 1.54) is 5.56 Å². The van der Waals surface area contributed by atoms with Gasteiger partial charge >= 0.3 is 0 Å². The topological polar surface area (TPSA) is 18.5 Å². The van der Waals surface area contributed by atoms with Gasteiger partial charge in [0.15, 0.2) is 11.5 Å². The average molecular weight is 222 g/mol. The lowest BCUT2D eigenvalue weighted by Gasteiger charge is -2.14. The summed E-state index contributed by atoms with van der Waals surface area (Å²) < 4.78 is 11.0. The minimum absolute atomic E-state index is 0.507. The highest BCUT2D eigenvalue weighted by atomic mass is 16.5. The van der Waals surface area contributed by atoms with Gasteiger partial charge in [0.1, 0.15) is 0 Å². The summed E-state index contributed by atoms with van der Waals surface area (Å²) in [6.07, 6.45) is 0. The van der Waals surface area contributed by atoms with Gasteiger partial charge in [-0.15, -0.1) is 0 Å². The molecule has 2 nitrogen and oxygen atoms in total. The van der Waals surface area contributed by atoms with Gasteiger partial charge in [0, 0.05) is 0 Å². The quantitative estimate of drug-likeness (QED) is 0.753. The van der Waals surface area contributed by atoms with E-state index in [1.807, 2.05) is 6.07 Å². The zero-order valence-electron chi connectivity index (χ0n) is 10.9. The highest BCUT2D eigenvalue weighted by Crippen LogP contribution is 2.30. The fourth-order valence-electron chi connectivity index (χ4n) is 1.42. The zero-order valence-corrected chi connectivity index (χ0v) is 10.9. The van der Waals surface area contributed by atoms with Crippen molar-refractivity contribution < 1.29 is 9.47 Å². The lowest BCUT2D eigenvalue weighted by atomic mass is 10.0. The van der Waals surface area contributed by atoms with Crippen molar-refractivity contribution in [3.8, 4) is 11.5 Å². The molecule has 0 bridgehead atoms. The number of hydrogen-bond donors (Lipinski definition) is 0. The number of benzene rings is 1. The predicted molar refractivity (Wildman–Crippen MR) is 67.4 cm³/mol. The molecule has 0 amide bonds. The third kappa shape index (κ3) is 3.44. The third-order valence-electron chi connectivity index (χ3n) is 2.43. The van der Waals surface area contributed by atoms with E-state index in [4.69, 9.17) is 9.47 Å². The maximum atomic E-state index is 5.70. The molecule has 0 unspecified atom stereocenters. The second kappa shape index (κ2) is 5.78. The van der Waals surface area contributed by atoms with Crippen molar-refractivity contribution in [1.29, 1.82) is 0 Å². The van der Waals surface area contributed by atoms with Gasteiger partial charge in [-0.1, -0.05) is 33.8 Å². The smallest absolute Gasteiger partial charge is 0.161 e. The normalized spacial score (nSPS) is 10.9. The molecule has 0 saturated carbocycles. The van der Waals surface area contributed by atoms with Gasteiger partial charge in [0.2, 0.25) is 0 Å². The lowest BCUT2D eigenvalue weighted by molar-refractivity contribution is 0.256. The first-order valence-electron chi connectivity index (χ1n) is 5.85. The molecule has 0 radical (unpaired) electrons. The van der Waals surface area contributed by atoms with Crippen LogP contribution in [-0.4, -0.2) is 13.7 Å². The van der Waals surface area contributed by atoms with E-state index in [-0.39, 0.29) is 0 Å². The molecule has 0 aliphatic rings. The number of hydrogen-bond acceptors (Lipinski definition) is 2. The van der Waals surface area contributed by atoms with E-state index in [0.29, 0.717) is 11.8 Å². The molecule has 0 aromatic heterocycles. The Morgan fingerprint density at radius 1 is 1.06 bits per heavy atom. The largest absolute Gasteiger partial charge is 0.493 e. The fourth-order valence-corrected chi connectivity index (χ4v) is 1.42. The summed E-state index contributed by atoms with van der Waals surface area (Å²) in [5.74, 6) is 2.69. The van der Waals surface area contributed by atoms with Crippen molar-refractivity contribution in [2.75, 3.05) is 13.7 Å². The first-order chi connectivity index (χ1) is 7.54. The van der Waals surface area contributed by atoms with Crippen LogP contribution in [0.25, 0.3) is 0 Å². The number of ether oxygens (including phenoxy) is 2. The molecule has 1 rings (SSSR count). The standard InChI is InChI=1S/C14H22O2/c1-10(2)9-16-13-7-6-12(11(3)4)8-14(13)15-5/h6-8,10-11H,9H2,1-5H3. The Labute approximate surface area is 98.6 Å². The first-order valence-corrected chi connectivity index (χ1v) is 5.85. The SMILES string of the molecule is COc1cc(C(C)C)ccc1OCC(C)C. The van der Waals surface area contributed by atoms with Gasteiger partial charge in [-0.2, -0.15) is 0 Å². The van der Waals surface area contributed by atoms with Crippen LogP contribution in [0, 0.1) is 5.92 Å². The molecule has 0 heterocycles. The Morgan fingerprint density at radius 2 is 1.75 bits per heavy atom. The molecule has 90 valence electrons. The highest BCUT2D eigenvalue weighted by molar-refractivity contribution is 5.43. The van der Waals surface area contributed by atoms with Gasteiger partial charge in [-0.3, -0.25) is 0 Å². The Morgan fingerprint density at radius 3 is 2.25 bits per heavy atom. The molecule has 1 aromatic rings. The monoisotopic (exact) mass is 222 g/mol. The van der Waals surface area contributed by atoms with Crippen LogP contribution in [0.1, 0.15) is 39.2 Å². The molecular formula is C14H22O2. The lowest BCUT2D eigenvalue weighted by Crippen LogP contribution is -2.05. The van der Waals surface area contributed by atoms with Gasteiger partial charge in [-0.05, 0) is 29.5 Å². The Hall–Kier alpha value is -1.18. The van der Waals surface area contributed by atoms with Crippen LogP contribution >= 0.6 is 0 Å². The van der Waals surface area contributed by atoms with Crippen LogP contribution in [0.5, 0.6) is 11.5 Å². The molecule has 0 saturated heterocycles. The van der Waals surface area contributed by atoms with E-state index < -0.39 is 0 Å². The molecule has 0 aliphatic heterocycles. The second-order valence-electron chi connectivity index (χ2n) is 4.77. The number of rotatable bonds is 5. The van der Waals surface area contributed by atoms with Crippen molar-refractivity contribution in [2.45, 2.75) is 33.6 Å². The fraction of sp³-hybridized carbons (Fsp3) is 0.571. The minimum Gasteiger partial charge on any atom is -0.493 e. The van der Waals surface area contributed by atoms with Gasteiger partial charge in [0.25, 0.3) is 0 Å². The van der Waals surface area contributed by atoms with Gasteiger partial charge in [0.05, 0.1) is 13.7 Å². The molecule has 0 atom stereocenters. The third-order valence-corrected chi connectivity index (χ3v) is 2.43. The van der Waals surface area contributed by atoms with E-state index in [1.54, 1.807) is 7.11 Å². The highest BCUT2D eigenvalue weighted by Gasteiger charge is 2.08. The summed E-state index contributed by atoms with van der Waals surface area (Å²) in [7, 11) is 1.68. The van der Waals surface area contributed by atoms with Crippen LogP contribution in [-0.2, 0) is 0 Å². The Kier molecular flexibility index (Phi) is 4.66. The maximum absolute atomic E-state index is 5.70. The minimum atomic E-state index is 0.507. The Balaban J connectivity index is 2.84. The summed E-state index contributed by atoms with van der Waals surface area (Å²) >= 11 is 0. The molecule has 1 aromatic carbocycles. The summed E-state index contributed by atoms with van der Waals surface area (Å²) in [6.45, 7) is 9.33. The average Bonchev–Trinajstić information content (AvgIpc) is 2.25. The molecule has 0 spiro atoms. The van der Waals surface area contributed by atoms with Gasteiger partial charge < -0.3 is 9.47 Å². The van der Waals surface area contributed by atoms with Crippen LogP contribution < -0.4 is 9.47 Å². The van der Waals surface area contributed by atoms with Crippen molar-refractivity contribution in [3.63, 3.8) is 0 Å². The van der Waals surface area contributed by atoms with Crippen LogP contribution in [0.4, 0.5) is 0 Å². The molecule has 16 heavy (non-hydrogen) atoms. The summed E-state index contributed by atoms with van der Waals surface area (Å²) in [6, 6.07) is 6.15. The first kappa shape index (κ1) is 12.9. The Bertz CT molecular complexity index is 330. The van der Waals surface area contributed by atoms with Crippen molar-refractivity contribution in [3.05, 3.63) is 23.8 Å². The predicted octanol–water partition coefficient (Wildman–Crippen LogP) is 3.85. The van der Waals surface area contributed by atoms with Gasteiger partial charge in [-0.25, -0.2) is 0 Å². The van der Waals surface area contributed by atoms with Crippen molar-refractivity contribution in [1.82, 2.24) is 0 Å². The van der Waals surface area contributed by atoms with E-state index in [9.17, 15) is 0 Å². The molecule has 0 N–H and O–H groups in total. The molecule has 0 aliphatic carbocycles. The van der Waals surface area contributed by atoms with Crippen molar-refractivity contribution in [2.24, 2.45) is 5.92 Å². The summed E-state index contributed by atoms with van der Waals surface area (Å²) in [5, 5.41) is 0. The summed E-state index contributed by atoms with van der Waals surface area (Å²) in [5.41, 5.74) is 1.27. The van der Waals surface area contributed by atoms with Crippen LogP contribution in [0.2, 0.25) is 0 Å². The van der Waals surface area contributed by atoms with Crippen LogP contribution in [0.15, 0.2) is 18.2 Å². The molecular weight excluding hydrogens is 200 g/mol. The number of methoxy groups -OCH3 is 1. The maximum Gasteiger partial charge on any atom is 0.161 e. The van der Waals surface area contributed by atoms with E-state index in [2.05, 4.69) is 39.8 Å². The molecule has 2 heteroatoms. The zero-order chi connectivity index (χ0) is 12.1. The summed E-state index contributed by atoms with van der Waals surface area (Å²) in [4.78, 5) is 0.